The summed E-state index contributed by atoms with van der Waals surface area (Å²) < 4.78 is 0. The van der Waals surface area contributed by atoms with Crippen molar-refractivity contribution in [1.82, 2.24) is 0 Å². The third-order valence-corrected chi connectivity index (χ3v) is 9.83. The average molecular weight is 665 g/mol. The van der Waals surface area contributed by atoms with Crippen molar-refractivity contribution in [1.29, 1.82) is 0 Å². The standard InChI is InChI=1S/C50H36N2/c1-5-16-37(17-6-1)46-34-35-50(48-26-14-13-25-47(46)48)52(42-23-11-4-12-24-42)44-33-30-38-18-15-27-45(49(38)36-44)39-28-31-43(32-29-39)51(40-19-7-2-8-20-40)41-21-9-3-10-22-41/h1-36H. The predicted molar refractivity (Wildman–Crippen MR) is 222 cm³/mol. The van der Waals surface area contributed by atoms with Crippen molar-refractivity contribution in [2.75, 3.05) is 9.80 Å². The number of hydrogen-bond donors (Lipinski definition) is 0. The summed E-state index contributed by atoms with van der Waals surface area (Å²) in [6.07, 6.45) is 0. The number of nitrogens with zero attached hydrogens (tertiary/aromatic N) is 2. The Balaban J connectivity index is 1.16. The molecule has 0 saturated carbocycles. The minimum atomic E-state index is 1.11. The van der Waals surface area contributed by atoms with Crippen LogP contribution in [0.5, 0.6) is 0 Å². The van der Waals surface area contributed by atoms with E-state index in [4.69, 9.17) is 0 Å². The van der Waals surface area contributed by atoms with Gasteiger partial charge in [0, 0.05) is 33.8 Å². The zero-order valence-corrected chi connectivity index (χ0v) is 28.7. The number of rotatable bonds is 8. The van der Waals surface area contributed by atoms with Crippen molar-refractivity contribution in [3.05, 3.63) is 218 Å². The molecule has 0 atom stereocenters. The molecule has 0 N–H and O–H groups in total. The lowest BCUT2D eigenvalue weighted by Gasteiger charge is -2.28. The second kappa shape index (κ2) is 13.8. The van der Waals surface area contributed by atoms with Crippen molar-refractivity contribution >= 4 is 55.7 Å². The molecule has 0 heterocycles. The van der Waals surface area contributed by atoms with Gasteiger partial charge >= 0.3 is 0 Å². The molecule has 246 valence electrons. The molecule has 2 heteroatoms. The van der Waals surface area contributed by atoms with Gasteiger partial charge in [0.15, 0.2) is 0 Å². The van der Waals surface area contributed by atoms with Crippen LogP contribution in [0, 0.1) is 0 Å². The monoisotopic (exact) mass is 664 g/mol. The summed E-state index contributed by atoms with van der Waals surface area (Å²) in [5.74, 6) is 0. The smallest absolute Gasteiger partial charge is 0.0540 e. The molecule has 0 radical (unpaired) electrons. The lowest BCUT2D eigenvalue weighted by atomic mass is 9.95. The van der Waals surface area contributed by atoms with E-state index >= 15 is 0 Å². The molecular formula is C50H36N2. The highest BCUT2D eigenvalue weighted by atomic mass is 15.1. The molecule has 52 heavy (non-hydrogen) atoms. The van der Waals surface area contributed by atoms with E-state index in [2.05, 4.69) is 228 Å². The molecule has 0 aromatic heterocycles. The van der Waals surface area contributed by atoms with Gasteiger partial charge < -0.3 is 9.80 Å². The Morgan fingerprint density at radius 1 is 0.250 bits per heavy atom. The van der Waals surface area contributed by atoms with Crippen molar-refractivity contribution < 1.29 is 0 Å². The molecule has 0 aliphatic rings. The summed E-state index contributed by atoms with van der Waals surface area (Å²) in [5, 5.41) is 4.85. The van der Waals surface area contributed by atoms with Gasteiger partial charge in [0.1, 0.15) is 0 Å². The summed E-state index contributed by atoms with van der Waals surface area (Å²) in [4.78, 5) is 4.70. The topological polar surface area (TPSA) is 6.48 Å². The number of benzene rings is 9. The second-order valence-electron chi connectivity index (χ2n) is 13.0. The van der Waals surface area contributed by atoms with Gasteiger partial charge in [-0.15, -0.1) is 0 Å². The van der Waals surface area contributed by atoms with E-state index in [1.54, 1.807) is 0 Å². The first-order valence-corrected chi connectivity index (χ1v) is 17.8. The maximum Gasteiger partial charge on any atom is 0.0540 e. The molecule has 2 nitrogen and oxygen atoms in total. The highest BCUT2D eigenvalue weighted by Crippen LogP contribution is 2.44. The summed E-state index contributed by atoms with van der Waals surface area (Å²) in [5.41, 5.74) is 11.6. The van der Waals surface area contributed by atoms with Crippen molar-refractivity contribution in [3.63, 3.8) is 0 Å². The number of hydrogen-bond acceptors (Lipinski definition) is 2. The zero-order chi connectivity index (χ0) is 34.7. The summed E-state index contributed by atoms with van der Waals surface area (Å²) in [7, 11) is 0. The molecule has 0 amide bonds. The van der Waals surface area contributed by atoms with Crippen LogP contribution in [-0.4, -0.2) is 0 Å². The first-order valence-electron chi connectivity index (χ1n) is 17.8. The van der Waals surface area contributed by atoms with Crippen molar-refractivity contribution in [2.24, 2.45) is 0 Å². The summed E-state index contributed by atoms with van der Waals surface area (Å²) >= 11 is 0. The van der Waals surface area contributed by atoms with Gasteiger partial charge in [0.25, 0.3) is 0 Å². The van der Waals surface area contributed by atoms with Gasteiger partial charge in [-0.3, -0.25) is 0 Å². The maximum atomic E-state index is 2.40. The number of anilines is 6. The van der Waals surface area contributed by atoms with Crippen molar-refractivity contribution in [3.8, 4) is 22.3 Å². The van der Waals surface area contributed by atoms with Gasteiger partial charge in [-0.2, -0.15) is 0 Å². The molecule has 0 bridgehead atoms. The molecule has 0 saturated heterocycles. The van der Waals surface area contributed by atoms with Crippen LogP contribution >= 0.6 is 0 Å². The van der Waals surface area contributed by atoms with Crippen LogP contribution in [0.4, 0.5) is 34.1 Å². The Bertz CT molecular complexity index is 2560. The maximum absolute atomic E-state index is 2.40. The van der Waals surface area contributed by atoms with Gasteiger partial charge in [-0.1, -0.05) is 152 Å². The average Bonchev–Trinajstić information content (AvgIpc) is 3.23. The molecule has 0 spiro atoms. The highest BCUT2D eigenvalue weighted by Gasteiger charge is 2.19. The van der Waals surface area contributed by atoms with Crippen LogP contribution in [-0.2, 0) is 0 Å². The van der Waals surface area contributed by atoms with E-state index in [-0.39, 0.29) is 0 Å². The molecule has 9 aromatic rings. The Labute approximate surface area is 305 Å². The van der Waals surface area contributed by atoms with Gasteiger partial charge in [-0.05, 0) is 105 Å². The van der Waals surface area contributed by atoms with E-state index < -0.39 is 0 Å². The molecular weight excluding hydrogens is 629 g/mol. The Kier molecular flexibility index (Phi) is 8.24. The number of para-hydroxylation sites is 3. The fourth-order valence-electron chi connectivity index (χ4n) is 7.39. The van der Waals surface area contributed by atoms with E-state index in [0.717, 1.165) is 34.1 Å². The third-order valence-electron chi connectivity index (χ3n) is 9.83. The third kappa shape index (κ3) is 5.87. The molecule has 0 unspecified atom stereocenters. The normalized spacial score (nSPS) is 11.1. The molecule has 0 aliphatic carbocycles. The van der Waals surface area contributed by atoms with Crippen LogP contribution < -0.4 is 9.80 Å². The fraction of sp³-hybridized carbons (Fsp3) is 0. The van der Waals surface area contributed by atoms with Crippen LogP contribution in [0.3, 0.4) is 0 Å². The van der Waals surface area contributed by atoms with E-state index in [0.29, 0.717) is 0 Å². The molecule has 9 rings (SSSR count). The van der Waals surface area contributed by atoms with Gasteiger partial charge in [0.2, 0.25) is 0 Å². The van der Waals surface area contributed by atoms with E-state index in [9.17, 15) is 0 Å². The van der Waals surface area contributed by atoms with Crippen LogP contribution in [0.1, 0.15) is 0 Å². The van der Waals surface area contributed by atoms with Crippen molar-refractivity contribution in [2.45, 2.75) is 0 Å². The van der Waals surface area contributed by atoms with Crippen LogP contribution in [0.15, 0.2) is 218 Å². The Morgan fingerprint density at radius 3 is 1.37 bits per heavy atom. The fourth-order valence-corrected chi connectivity index (χ4v) is 7.39. The van der Waals surface area contributed by atoms with Gasteiger partial charge in [-0.25, -0.2) is 0 Å². The quantitative estimate of drug-likeness (QED) is 0.159. The highest BCUT2D eigenvalue weighted by molar-refractivity contribution is 6.07. The first kappa shape index (κ1) is 31.1. The summed E-state index contributed by atoms with van der Waals surface area (Å²) in [6.45, 7) is 0. The zero-order valence-electron chi connectivity index (χ0n) is 28.7. The molecule has 0 fully saturated rings. The van der Waals surface area contributed by atoms with Gasteiger partial charge in [0.05, 0.1) is 5.69 Å². The lowest BCUT2D eigenvalue weighted by Crippen LogP contribution is -2.10. The van der Waals surface area contributed by atoms with Crippen LogP contribution in [0.25, 0.3) is 43.8 Å². The largest absolute Gasteiger partial charge is 0.311 e. The SMILES string of the molecule is c1ccc(-c2ccc(N(c3ccccc3)c3ccc4cccc(-c5ccc(N(c6ccccc6)c6ccccc6)cc5)c4c3)c3ccccc23)cc1. The van der Waals surface area contributed by atoms with Crippen LogP contribution in [0.2, 0.25) is 0 Å². The minimum absolute atomic E-state index is 1.11. The lowest BCUT2D eigenvalue weighted by molar-refractivity contribution is 1.28. The first-order chi connectivity index (χ1) is 25.8. The second-order valence-corrected chi connectivity index (χ2v) is 13.0. The van der Waals surface area contributed by atoms with E-state index in [1.807, 2.05) is 0 Å². The Morgan fingerprint density at radius 2 is 0.731 bits per heavy atom. The minimum Gasteiger partial charge on any atom is -0.311 e. The Hall–Kier alpha value is -6.90. The molecule has 9 aromatic carbocycles. The molecule has 0 aliphatic heterocycles. The van der Waals surface area contributed by atoms with E-state index in [1.165, 1.54) is 43.8 Å². The predicted octanol–water partition coefficient (Wildman–Crippen LogP) is 14.3. The number of fused-ring (bicyclic) bond motifs is 2. The summed E-state index contributed by atoms with van der Waals surface area (Å²) in [6, 6.07) is 78.2.